The van der Waals surface area contributed by atoms with Crippen LogP contribution in [0.2, 0.25) is 0 Å². The van der Waals surface area contributed by atoms with Crippen LogP contribution >= 0.6 is 0 Å². The number of hydrogen-bond donors (Lipinski definition) is 2. The number of methoxy groups -OCH3 is 1. The third-order valence-electron chi connectivity index (χ3n) is 4.31. The zero-order valence-electron chi connectivity index (χ0n) is 17.0. The van der Waals surface area contributed by atoms with Crippen LogP contribution in [-0.4, -0.2) is 56.3 Å². The second-order valence-corrected chi connectivity index (χ2v) is 6.56. The van der Waals surface area contributed by atoms with Crippen LogP contribution in [0.1, 0.15) is 0 Å². The zero-order chi connectivity index (χ0) is 23.1. The fourth-order valence-electron chi connectivity index (χ4n) is 2.87. The van der Waals surface area contributed by atoms with Crippen molar-refractivity contribution in [3.63, 3.8) is 0 Å². The van der Waals surface area contributed by atoms with E-state index in [0.717, 1.165) is 4.90 Å². The van der Waals surface area contributed by atoms with E-state index < -0.39 is 22.8 Å². The van der Waals surface area contributed by atoms with Gasteiger partial charge in [-0.25, -0.2) is 4.79 Å². The molecule has 0 saturated heterocycles. The first-order valence-electron chi connectivity index (χ1n) is 9.41. The molecule has 0 spiro atoms. The van der Waals surface area contributed by atoms with Crippen LogP contribution in [0.4, 0.5) is 27.5 Å². The number of non-ortho nitro benzene ring substituents is 1. The SMILES string of the molecule is COCCOC(=O)Nc1cccc(NC(=O)CN2C(=O)COc3ccc([N+](=O)[O-])cc32)c1. The highest BCUT2D eigenvalue weighted by molar-refractivity contribution is 6.05. The molecule has 0 saturated carbocycles. The molecule has 12 nitrogen and oxygen atoms in total. The Balaban J connectivity index is 1.66. The van der Waals surface area contributed by atoms with Gasteiger partial charge < -0.3 is 19.5 Å². The van der Waals surface area contributed by atoms with Gasteiger partial charge in [0.05, 0.1) is 17.2 Å². The maximum absolute atomic E-state index is 12.6. The summed E-state index contributed by atoms with van der Waals surface area (Å²) in [6.07, 6.45) is -0.678. The monoisotopic (exact) mass is 444 g/mol. The number of nitrogens with one attached hydrogen (secondary N) is 2. The summed E-state index contributed by atoms with van der Waals surface area (Å²) in [5.74, 6) is -0.791. The molecule has 32 heavy (non-hydrogen) atoms. The number of amides is 3. The van der Waals surface area contributed by atoms with Crippen molar-refractivity contribution in [2.75, 3.05) is 49.0 Å². The fourth-order valence-corrected chi connectivity index (χ4v) is 2.87. The number of nitro groups is 1. The van der Waals surface area contributed by atoms with Crippen molar-refractivity contribution in [2.24, 2.45) is 0 Å². The normalized spacial score (nSPS) is 12.4. The summed E-state index contributed by atoms with van der Waals surface area (Å²) in [5.41, 5.74) is 0.654. The number of rotatable bonds is 8. The van der Waals surface area contributed by atoms with Crippen LogP contribution < -0.4 is 20.3 Å². The molecule has 0 fully saturated rings. The van der Waals surface area contributed by atoms with Crippen molar-refractivity contribution in [2.45, 2.75) is 0 Å². The van der Waals surface area contributed by atoms with Crippen molar-refractivity contribution >= 4 is 40.7 Å². The molecule has 0 bridgehead atoms. The minimum Gasteiger partial charge on any atom is -0.482 e. The molecule has 2 N–H and O–H groups in total. The molecular weight excluding hydrogens is 424 g/mol. The van der Waals surface area contributed by atoms with Crippen molar-refractivity contribution in [3.8, 4) is 5.75 Å². The van der Waals surface area contributed by atoms with E-state index in [2.05, 4.69) is 10.6 Å². The zero-order valence-corrected chi connectivity index (χ0v) is 17.0. The molecule has 3 rings (SSSR count). The van der Waals surface area contributed by atoms with Crippen LogP contribution in [0, 0.1) is 10.1 Å². The first-order valence-corrected chi connectivity index (χ1v) is 9.41. The summed E-state index contributed by atoms with van der Waals surface area (Å²) in [5, 5.41) is 16.2. The van der Waals surface area contributed by atoms with E-state index in [9.17, 15) is 24.5 Å². The summed E-state index contributed by atoms with van der Waals surface area (Å²) >= 11 is 0. The Hall–Kier alpha value is -4.19. The lowest BCUT2D eigenvalue weighted by molar-refractivity contribution is -0.384. The molecule has 2 aromatic carbocycles. The summed E-state index contributed by atoms with van der Waals surface area (Å²) < 4.78 is 15.0. The Morgan fingerprint density at radius 1 is 1.16 bits per heavy atom. The smallest absolute Gasteiger partial charge is 0.411 e. The molecule has 168 valence electrons. The number of nitro benzene ring substituents is 1. The Morgan fingerprint density at radius 3 is 2.62 bits per heavy atom. The maximum atomic E-state index is 12.6. The molecule has 0 atom stereocenters. The lowest BCUT2D eigenvalue weighted by Crippen LogP contribution is -2.43. The number of nitrogens with zero attached hydrogens (tertiary/aromatic N) is 2. The van der Waals surface area contributed by atoms with E-state index in [-0.39, 0.29) is 43.5 Å². The van der Waals surface area contributed by atoms with Crippen LogP contribution in [0.25, 0.3) is 0 Å². The Kier molecular flexibility index (Phi) is 7.18. The average Bonchev–Trinajstić information content (AvgIpc) is 2.75. The van der Waals surface area contributed by atoms with E-state index >= 15 is 0 Å². The van der Waals surface area contributed by atoms with E-state index in [1.54, 1.807) is 18.2 Å². The van der Waals surface area contributed by atoms with Gasteiger partial charge in [0.25, 0.3) is 11.6 Å². The van der Waals surface area contributed by atoms with Gasteiger partial charge in [0.1, 0.15) is 18.9 Å². The van der Waals surface area contributed by atoms with Gasteiger partial charge in [-0.2, -0.15) is 0 Å². The Labute approximate surface area is 182 Å². The van der Waals surface area contributed by atoms with E-state index in [1.807, 2.05) is 0 Å². The quantitative estimate of drug-likeness (QED) is 0.357. The fraction of sp³-hybridized carbons (Fsp3) is 0.250. The molecule has 3 amide bonds. The molecule has 0 unspecified atom stereocenters. The van der Waals surface area contributed by atoms with Gasteiger partial charge in [-0.3, -0.25) is 29.9 Å². The molecule has 1 aliphatic rings. The molecule has 1 heterocycles. The van der Waals surface area contributed by atoms with E-state index in [0.29, 0.717) is 11.4 Å². The maximum Gasteiger partial charge on any atom is 0.411 e. The third kappa shape index (κ3) is 5.70. The number of anilines is 3. The average molecular weight is 444 g/mol. The predicted molar refractivity (Wildman–Crippen MR) is 113 cm³/mol. The lowest BCUT2D eigenvalue weighted by Gasteiger charge is -2.28. The minimum atomic E-state index is -0.678. The molecule has 12 heteroatoms. The molecular formula is C20H20N4O8. The van der Waals surface area contributed by atoms with Crippen molar-refractivity contribution < 1.29 is 33.5 Å². The summed E-state index contributed by atoms with van der Waals surface area (Å²) in [4.78, 5) is 48.2. The number of ether oxygens (including phenoxy) is 3. The standard InChI is InChI=1S/C20H20N4O8/c1-30-7-8-31-20(27)22-14-4-2-3-13(9-14)21-18(25)11-23-16-10-15(24(28)29)5-6-17(16)32-12-19(23)26/h2-6,9-10H,7-8,11-12H2,1H3,(H,21,25)(H,22,27). The van der Waals surface area contributed by atoms with E-state index in [1.165, 1.54) is 31.4 Å². The van der Waals surface area contributed by atoms with E-state index in [4.69, 9.17) is 14.2 Å². The highest BCUT2D eigenvalue weighted by atomic mass is 16.6. The van der Waals surface area contributed by atoms with Gasteiger partial charge in [-0.1, -0.05) is 6.07 Å². The highest BCUT2D eigenvalue weighted by Gasteiger charge is 2.29. The molecule has 0 radical (unpaired) electrons. The summed E-state index contributed by atoms with van der Waals surface area (Å²) in [7, 11) is 1.48. The molecule has 0 aliphatic carbocycles. The Bertz CT molecular complexity index is 1040. The Morgan fingerprint density at radius 2 is 1.91 bits per heavy atom. The number of carbonyl (C=O) groups is 3. The number of carbonyl (C=O) groups excluding carboxylic acids is 3. The van der Waals surface area contributed by atoms with Crippen molar-refractivity contribution in [1.29, 1.82) is 0 Å². The summed E-state index contributed by atoms with van der Waals surface area (Å²) in [6, 6.07) is 10.1. The van der Waals surface area contributed by atoms with Gasteiger partial charge in [0, 0.05) is 30.6 Å². The summed E-state index contributed by atoms with van der Waals surface area (Å²) in [6.45, 7) is -0.322. The molecule has 0 aromatic heterocycles. The topological polar surface area (TPSA) is 149 Å². The van der Waals surface area contributed by atoms with Crippen LogP contribution in [0.5, 0.6) is 5.75 Å². The first kappa shape index (κ1) is 22.5. The van der Waals surface area contributed by atoms with Crippen molar-refractivity contribution in [1.82, 2.24) is 0 Å². The first-order chi connectivity index (χ1) is 15.4. The predicted octanol–water partition coefficient (Wildman–Crippen LogP) is 2.15. The number of fused-ring (bicyclic) bond motifs is 1. The van der Waals surface area contributed by atoms with Crippen LogP contribution in [0.15, 0.2) is 42.5 Å². The van der Waals surface area contributed by atoms with Gasteiger partial charge >= 0.3 is 6.09 Å². The van der Waals surface area contributed by atoms with Crippen LogP contribution in [-0.2, 0) is 19.1 Å². The van der Waals surface area contributed by atoms with Gasteiger partial charge in [-0.15, -0.1) is 0 Å². The number of benzene rings is 2. The number of hydrogen-bond acceptors (Lipinski definition) is 8. The van der Waals surface area contributed by atoms with Gasteiger partial charge in [0.15, 0.2) is 6.61 Å². The van der Waals surface area contributed by atoms with Gasteiger partial charge in [-0.05, 0) is 24.3 Å². The minimum absolute atomic E-state index is 0.0893. The van der Waals surface area contributed by atoms with Crippen LogP contribution in [0.3, 0.4) is 0 Å². The van der Waals surface area contributed by atoms with Gasteiger partial charge in [0.2, 0.25) is 5.91 Å². The second kappa shape index (κ2) is 10.2. The largest absolute Gasteiger partial charge is 0.482 e. The molecule has 1 aliphatic heterocycles. The highest BCUT2D eigenvalue weighted by Crippen LogP contribution is 2.35. The lowest BCUT2D eigenvalue weighted by atomic mass is 10.2. The van der Waals surface area contributed by atoms with Crippen molar-refractivity contribution in [3.05, 3.63) is 52.6 Å². The third-order valence-corrected chi connectivity index (χ3v) is 4.31. The molecule has 2 aromatic rings. The second-order valence-electron chi connectivity index (χ2n) is 6.56.